The number of Topliss-reactive ketones (excluding diaryl/α,β-unsaturated/α-hetero) is 1. The highest BCUT2D eigenvalue weighted by molar-refractivity contribution is 7.80. The average Bonchev–Trinajstić information content (AvgIpc) is 3.26. The predicted molar refractivity (Wildman–Crippen MR) is 111 cm³/mol. The molecule has 5 nitrogen and oxygen atoms in total. The Kier molecular flexibility index (Phi) is 5.69. The summed E-state index contributed by atoms with van der Waals surface area (Å²) in [5.74, 6) is -0.718. The molecule has 4 atom stereocenters. The summed E-state index contributed by atoms with van der Waals surface area (Å²) < 4.78 is 0. The lowest BCUT2D eigenvalue weighted by Gasteiger charge is -2.30. The summed E-state index contributed by atoms with van der Waals surface area (Å²) in [7, 11) is 0. The summed E-state index contributed by atoms with van der Waals surface area (Å²) in [6, 6.07) is -0.993. The molecule has 1 N–H and O–H groups in total. The van der Waals surface area contributed by atoms with Crippen LogP contribution in [0.3, 0.4) is 0 Å². The normalized spacial score (nSPS) is 32.4. The number of nitrogens with zero attached hydrogens (tertiary/aromatic N) is 1. The van der Waals surface area contributed by atoms with Crippen molar-refractivity contribution in [3.8, 4) is 0 Å². The van der Waals surface area contributed by atoms with Crippen LogP contribution in [0.15, 0.2) is 35.5 Å². The third-order valence-electron chi connectivity index (χ3n) is 6.51. The minimum Gasteiger partial charge on any atom is -0.332 e. The SMILES string of the molecule is O=C[C@@H]1CCCN1C(=O)[C@H]1NCC(=S)C1C(=O)C1CCC2=C(C=CC=CC2)C1. The number of likely N-dealkylation sites (tertiary alicyclic amines) is 1. The Balaban J connectivity index is 1.51. The van der Waals surface area contributed by atoms with Gasteiger partial charge in [0, 0.05) is 23.9 Å². The zero-order valence-corrected chi connectivity index (χ0v) is 16.7. The second-order valence-corrected chi connectivity index (χ2v) is 8.67. The molecule has 2 saturated heterocycles. The van der Waals surface area contributed by atoms with E-state index in [2.05, 4.69) is 23.5 Å². The van der Waals surface area contributed by atoms with Gasteiger partial charge in [0.25, 0.3) is 0 Å². The Morgan fingerprint density at radius 1 is 1.25 bits per heavy atom. The Morgan fingerprint density at radius 2 is 2.11 bits per heavy atom. The highest BCUT2D eigenvalue weighted by Crippen LogP contribution is 2.36. The molecule has 2 unspecified atom stereocenters. The van der Waals surface area contributed by atoms with Crippen LogP contribution < -0.4 is 5.32 Å². The molecular weight excluding hydrogens is 372 g/mol. The van der Waals surface area contributed by atoms with Crippen molar-refractivity contribution in [1.82, 2.24) is 10.2 Å². The van der Waals surface area contributed by atoms with Gasteiger partial charge in [-0.2, -0.15) is 0 Å². The number of hydrogen-bond donors (Lipinski definition) is 1. The van der Waals surface area contributed by atoms with Crippen LogP contribution in [0.4, 0.5) is 0 Å². The number of carbonyl (C=O) groups excluding carboxylic acids is 3. The fourth-order valence-corrected chi connectivity index (χ4v) is 5.30. The van der Waals surface area contributed by atoms with Gasteiger partial charge in [0.15, 0.2) is 0 Å². The quantitative estimate of drug-likeness (QED) is 0.582. The number of thiocarbonyl (C=S) groups is 1. The van der Waals surface area contributed by atoms with E-state index in [9.17, 15) is 14.4 Å². The van der Waals surface area contributed by atoms with E-state index in [4.69, 9.17) is 12.2 Å². The molecule has 148 valence electrons. The summed E-state index contributed by atoms with van der Waals surface area (Å²) in [6.45, 7) is 0.984. The van der Waals surface area contributed by atoms with Crippen molar-refractivity contribution in [3.63, 3.8) is 0 Å². The maximum Gasteiger partial charge on any atom is 0.241 e. The van der Waals surface area contributed by atoms with E-state index >= 15 is 0 Å². The van der Waals surface area contributed by atoms with Crippen LogP contribution in [-0.2, 0) is 14.4 Å². The van der Waals surface area contributed by atoms with Gasteiger partial charge < -0.3 is 15.0 Å². The monoisotopic (exact) mass is 398 g/mol. The Bertz CT molecular complexity index is 798. The summed E-state index contributed by atoms with van der Waals surface area (Å²) in [6.07, 6.45) is 14.2. The highest BCUT2D eigenvalue weighted by atomic mass is 32.1. The summed E-state index contributed by atoms with van der Waals surface area (Å²) >= 11 is 5.49. The van der Waals surface area contributed by atoms with Gasteiger partial charge in [0.1, 0.15) is 18.1 Å². The first-order chi connectivity index (χ1) is 13.6. The molecular formula is C22H26N2O3S. The molecule has 1 amide bonds. The Hall–Kier alpha value is -1.92. The second kappa shape index (κ2) is 8.21. The van der Waals surface area contributed by atoms with Gasteiger partial charge in [-0.25, -0.2) is 0 Å². The number of aldehydes is 1. The molecule has 28 heavy (non-hydrogen) atoms. The van der Waals surface area contributed by atoms with Crippen LogP contribution in [0, 0.1) is 11.8 Å². The third-order valence-corrected chi connectivity index (χ3v) is 6.91. The van der Waals surface area contributed by atoms with Crippen LogP contribution in [0.25, 0.3) is 0 Å². The summed E-state index contributed by atoms with van der Waals surface area (Å²) in [4.78, 5) is 40.1. The fraction of sp³-hybridized carbons (Fsp3) is 0.545. The van der Waals surface area contributed by atoms with Gasteiger partial charge >= 0.3 is 0 Å². The van der Waals surface area contributed by atoms with E-state index in [0.717, 1.165) is 38.4 Å². The molecule has 2 heterocycles. The predicted octanol–water partition coefficient (Wildman–Crippen LogP) is 2.32. The topological polar surface area (TPSA) is 66.5 Å². The van der Waals surface area contributed by atoms with Crippen molar-refractivity contribution in [2.45, 2.75) is 50.6 Å². The lowest BCUT2D eigenvalue weighted by molar-refractivity contribution is -0.139. The molecule has 0 aromatic rings. The molecule has 0 bridgehead atoms. The summed E-state index contributed by atoms with van der Waals surface area (Å²) in [5.41, 5.74) is 2.68. The first-order valence-corrected chi connectivity index (χ1v) is 10.6. The number of amides is 1. The van der Waals surface area contributed by atoms with Crippen molar-refractivity contribution in [1.29, 1.82) is 0 Å². The van der Waals surface area contributed by atoms with Crippen molar-refractivity contribution in [2.75, 3.05) is 13.1 Å². The maximum atomic E-state index is 13.4. The van der Waals surface area contributed by atoms with Crippen LogP contribution in [0.1, 0.15) is 38.5 Å². The van der Waals surface area contributed by atoms with Gasteiger partial charge in [-0.1, -0.05) is 42.1 Å². The number of carbonyl (C=O) groups is 3. The maximum absolute atomic E-state index is 13.4. The standard InChI is InChI=1S/C22H26N2O3S/c25-13-17-7-4-10-24(17)22(27)20-19(18(28)12-23-20)21(26)16-9-8-14-5-2-1-3-6-15(14)11-16/h1-3,6,13,16-17,19-20,23H,4-5,7-12H2/t16?,17-,19?,20-/m0/s1. The molecule has 2 aliphatic carbocycles. The fourth-order valence-electron chi connectivity index (χ4n) is 4.96. The number of allylic oxidation sites excluding steroid dienone is 6. The van der Waals surface area contributed by atoms with Crippen LogP contribution in [0.2, 0.25) is 0 Å². The van der Waals surface area contributed by atoms with Crippen molar-refractivity contribution in [3.05, 3.63) is 35.5 Å². The third kappa shape index (κ3) is 3.55. The van der Waals surface area contributed by atoms with Gasteiger partial charge in [0.05, 0.1) is 12.0 Å². The lowest BCUT2D eigenvalue weighted by atomic mass is 9.76. The molecule has 0 saturated carbocycles. The first-order valence-electron chi connectivity index (χ1n) is 10.2. The molecule has 2 aliphatic heterocycles. The lowest BCUT2D eigenvalue weighted by Crippen LogP contribution is -2.51. The van der Waals surface area contributed by atoms with Crippen LogP contribution in [-0.4, -0.2) is 52.9 Å². The molecule has 0 aromatic carbocycles. The molecule has 0 aromatic heterocycles. The minimum absolute atomic E-state index is 0.0901. The zero-order chi connectivity index (χ0) is 19.7. The Morgan fingerprint density at radius 3 is 2.93 bits per heavy atom. The minimum atomic E-state index is -0.623. The smallest absolute Gasteiger partial charge is 0.241 e. The number of ketones is 1. The number of rotatable bonds is 4. The van der Waals surface area contributed by atoms with Gasteiger partial charge in [0.2, 0.25) is 5.91 Å². The van der Waals surface area contributed by atoms with Gasteiger partial charge in [-0.15, -0.1) is 0 Å². The van der Waals surface area contributed by atoms with Gasteiger partial charge in [-0.05, 0) is 44.1 Å². The average molecular weight is 399 g/mol. The van der Waals surface area contributed by atoms with Crippen LogP contribution in [0.5, 0.6) is 0 Å². The zero-order valence-electron chi connectivity index (χ0n) is 15.9. The number of nitrogens with one attached hydrogen (secondary N) is 1. The molecule has 0 radical (unpaired) electrons. The van der Waals surface area contributed by atoms with E-state index in [1.54, 1.807) is 4.90 Å². The van der Waals surface area contributed by atoms with Gasteiger partial charge in [-0.3, -0.25) is 9.59 Å². The molecule has 4 aliphatic rings. The second-order valence-electron chi connectivity index (χ2n) is 8.14. The Labute approximate surface area is 170 Å². The highest BCUT2D eigenvalue weighted by Gasteiger charge is 2.46. The van der Waals surface area contributed by atoms with Crippen molar-refractivity contribution >= 4 is 35.1 Å². The van der Waals surface area contributed by atoms with E-state index in [0.29, 0.717) is 24.4 Å². The van der Waals surface area contributed by atoms with Crippen molar-refractivity contribution < 1.29 is 14.4 Å². The van der Waals surface area contributed by atoms with E-state index < -0.39 is 12.0 Å². The van der Waals surface area contributed by atoms with Crippen molar-refractivity contribution in [2.24, 2.45) is 11.8 Å². The molecule has 6 heteroatoms. The molecule has 4 rings (SSSR count). The van der Waals surface area contributed by atoms with E-state index in [1.165, 1.54) is 11.1 Å². The van der Waals surface area contributed by atoms with Crippen LogP contribution >= 0.6 is 12.2 Å². The van der Waals surface area contributed by atoms with E-state index in [1.807, 2.05) is 6.08 Å². The van der Waals surface area contributed by atoms with E-state index in [-0.39, 0.29) is 23.7 Å². The largest absolute Gasteiger partial charge is 0.332 e. The summed E-state index contributed by atoms with van der Waals surface area (Å²) in [5, 5.41) is 3.16. The first kappa shape index (κ1) is 19.4. The molecule has 0 spiro atoms. The molecule has 2 fully saturated rings. The number of hydrogen-bond acceptors (Lipinski definition) is 5.